The molecule has 0 saturated heterocycles. The van der Waals surface area contributed by atoms with Crippen LogP contribution in [0.15, 0.2) is 52.4 Å². The maximum absolute atomic E-state index is 13.1. The normalized spacial score (nSPS) is 12.3. The van der Waals surface area contributed by atoms with Crippen LogP contribution in [0.4, 0.5) is 0 Å². The summed E-state index contributed by atoms with van der Waals surface area (Å²) in [5, 5.41) is 0.503. The fourth-order valence-electron chi connectivity index (χ4n) is 2.72. The molecule has 0 fully saturated rings. The van der Waals surface area contributed by atoms with Crippen molar-refractivity contribution in [1.82, 2.24) is 9.55 Å². The SMILES string of the molecule is Cc1cc(C)cc(-n2c(S[C@H](C)C(N)=O)nc3ccccc3c2=O)c1. The van der Waals surface area contributed by atoms with Gasteiger partial charge in [0.25, 0.3) is 5.56 Å². The molecule has 0 aliphatic heterocycles. The minimum atomic E-state index is -0.495. The number of nitrogens with two attached hydrogens (primary N) is 1. The van der Waals surface area contributed by atoms with Crippen molar-refractivity contribution in [3.63, 3.8) is 0 Å². The molecule has 0 aliphatic carbocycles. The summed E-state index contributed by atoms with van der Waals surface area (Å²) in [5.41, 5.74) is 8.68. The molecule has 2 N–H and O–H groups in total. The summed E-state index contributed by atoms with van der Waals surface area (Å²) in [4.78, 5) is 29.2. The van der Waals surface area contributed by atoms with Crippen LogP contribution in [0.25, 0.3) is 16.6 Å². The largest absolute Gasteiger partial charge is 0.369 e. The van der Waals surface area contributed by atoms with Crippen molar-refractivity contribution in [2.24, 2.45) is 5.73 Å². The van der Waals surface area contributed by atoms with Crippen LogP contribution >= 0.6 is 11.8 Å². The third-order valence-corrected chi connectivity index (χ3v) is 4.96. The number of thioether (sulfide) groups is 1. The summed E-state index contributed by atoms with van der Waals surface area (Å²) < 4.78 is 1.56. The van der Waals surface area contributed by atoms with Gasteiger partial charge in [-0.1, -0.05) is 30.0 Å². The molecule has 3 rings (SSSR count). The molecule has 1 aromatic heterocycles. The van der Waals surface area contributed by atoms with Gasteiger partial charge in [-0.15, -0.1) is 0 Å². The van der Waals surface area contributed by atoms with Crippen LogP contribution in [-0.4, -0.2) is 20.7 Å². The number of aryl methyl sites for hydroxylation is 2. The van der Waals surface area contributed by atoms with Gasteiger partial charge in [-0.2, -0.15) is 0 Å². The molecule has 0 spiro atoms. The molecule has 128 valence electrons. The predicted octanol–water partition coefficient (Wildman–Crippen LogP) is 2.97. The predicted molar refractivity (Wildman–Crippen MR) is 101 cm³/mol. The number of amides is 1. The number of rotatable bonds is 4. The molecule has 25 heavy (non-hydrogen) atoms. The molecule has 0 unspecified atom stereocenters. The average Bonchev–Trinajstić information content (AvgIpc) is 2.54. The van der Waals surface area contributed by atoms with E-state index in [1.807, 2.05) is 44.2 Å². The van der Waals surface area contributed by atoms with Crippen molar-refractivity contribution in [3.05, 3.63) is 63.9 Å². The van der Waals surface area contributed by atoms with E-state index >= 15 is 0 Å². The Balaban J connectivity index is 2.32. The first-order valence-electron chi connectivity index (χ1n) is 7.93. The molecule has 0 bridgehead atoms. The van der Waals surface area contributed by atoms with E-state index in [1.54, 1.807) is 23.6 Å². The lowest BCUT2D eigenvalue weighted by atomic mass is 10.1. The van der Waals surface area contributed by atoms with Gasteiger partial charge >= 0.3 is 0 Å². The van der Waals surface area contributed by atoms with E-state index in [4.69, 9.17) is 5.73 Å². The first-order valence-corrected chi connectivity index (χ1v) is 8.81. The van der Waals surface area contributed by atoms with Crippen molar-refractivity contribution in [3.8, 4) is 5.69 Å². The van der Waals surface area contributed by atoms with Crippen molar-refractivity contribution in [2.45, 2.75) is 31.2 Å². The van der Waals surface area contributed by atoms with Gasteiger partial charge in [-0.25, -0.2) is 4.98 Å². The molecule has 0 radical (unpaired) electrons. The zero-order valence-electron chi connectivity index (χ0n) is 14.3. The smallest absolute Gasteiger partial charge is 0.266 e. The monoisotopic (exact) mass is 353 g/mol. The van der Waals surface area contributed by atoms with Crippen LogP contribution in [0.5, 0.6) is 0 Å². The summed E-state index contributed by atoms with van der Waals surface area (Å²) in [7, 11) is 0. The van der Waals surface area contributed by atoms with E-state index in [2.05, 4.69) is 4.98 Å². The zero-order chi connectivity index (χ0) is 18.1. The maximum atomic E-state index is 13.1. The molecule has 1 heterocycles. The summed E-state index contributed by atoms with van der Waals surface area (Å²) in [6.07, 6.45) is 0. The van der Waals surface area contributed by atoms with Crippen LogP contribution in [0.2, 0.25) is 0 Å². The van der Waals surface area contributed by atoms with Gasteiger partial charge in [0, 0.05) is 0 Å². The Morgan fingerprint density at radius 1 is 1.16 bits per heavy atom. The van der Waals surface area contributed by atoms with Crippen molar-refractivity contribution in [1.29, 1.82) is 0 Å². The van der Waals surface area contributed by atoms with Gasteiger partial charge in [0.2, 0.25) is 5.91 Å². The second-order valence-electron chi connectivity index (χ2n) is 6.06. The van der Waals surface area contributed by atoms with E-state index in [-0.39, 0.29) is 5.56 Å². The van der Waals surface area contributed by atoms with Gasteiger partial charge in [-0.05, 0) is 56.2 Å². The maximum Gasteiger partial charge on any atom is 0.266 e. The lowest BCUT2D eigenvalue weighted by molar-refractivity contribution is -0.117. The van der Waals surface area contributed by atoms with Gasteiger partial charge in [0.15, 0.2) is 5.16 Å². The lowest BCUT2D eigenvalue weighted by Crippen LogP contribution is -2.26. The standard InChI is InChI=1S/C19H19N3O2S/c1-11-8-12(2)10-14(9-11)22-18(24)15-6-4-5-7-16(15)21-19(22)25-13(3)17(20)23/h4-10,13H,1-3H3,(H2,20,23)/t13-/m1/s1. The van der Waals surface area contributed by atoms with Gasteiger partial charge in [-0.3, -0.25) is 14.2 Å². The van der Waals surface area contributed by atoms with Crippen molar-refractivity contribution in [2.75, 3.05) is 0 Å². The minimum Gasteiger partial charge on any atom is -0.369 e. The summed E-state index contributed by atoms with van der Waals surface area (Å²) in [6.45, 7) is 5.67. The molecular weight excluding hydrogens is 334 g/mol. The number of carbonyl (C=O) groups excluding carboxylic acids is 1. The van der Waals surface area contributed by atoms with Crippen molar-refractivity contribution < 1.29 is 4.79 Å². The number of carbonyl (C=O) groups is 1. The Bertz CT molecular complexity index is 1010. The molecule has 3 aromatic rings. The van der Waals surface area contributed by atoms with Crippen LogP contribution in [-0.2, 0) is 4.79 Å². The van der Waals surface area contributed by atoms with E-state index in [0.29, 0.717) is 16.1 Å². The van der Waals surface area contributed by atoms with Gasteiger partial charge in [0.05, 0.1) is 21.8 Å². The highest BCUT2D eigenvalue weighted by atomic mass is 32.2. The number of nitrogens with zero attached hydrogens (tertiary/aromatic N) is 2. The first kappa shape index (κ1) is 17.2. The molecule has 1 atom stereocenters. The zero-order valence-corrected chi connectivity index (χ0v) is 15.1. The minimum absolute atomic E-state index is 0.158. The fraction of sp³-hybridized carbons (Fsp3) is 0.211. The summed E-state index contributed by atoms with van der Waals surface area (Å²) >= 11 is 1.19. The Morgan fingerprint density at radius 3 is 2.44 bits per heavy atom. The quantitative estimate of drug-likeness (QED) is 0.578. The average molecular weight is 353 g/mol. The third kappa shape index (κ3) is 3.44. The Kier molecular flexibility index (Phi) is 4.63. The van der Waals surface area contributed by atoms with E-state index < -0.39 is 11.2 Å². The van der Waals surface area contributed by atoms with Crippen LogP contribution < -0.4 is 11.3 Å². The lowest BCUT2D eigenvalue weighted by Gasteiger charge is -2.16. The van der Waals surface area contributed by atoms with Gasteiger partial charge in [0.1, 0.15) is 0 Å². The molecule has 0 aliphatic rings. The molecule has 0 saturated carbocycles. The second-order valence-corrected chi connectivity index (χ2v) is 7.37. The molecule has 2 aromatic carbocycles. The van der Waals surface area contributed by atoms with Crippen LogP contribution in [0.1, 0.15) is 18.1 Å². The highest BCUT2D eigenvalue weighted by Crippen LogP contribution is 2.25. The number of primary amides is 1. The number of hydrogen-bond donors (Lipinski definition) is 1. The summed E-state index contributed by atoms with van der Waals surface area (Å²) in [6, 6.07) is 13.1. The Hall–Kier alpha value is -2.60. The molecule has 5 nitrogen and oxygen atoms in total. The molecule has 1 amide bonds. The number of fused-ring (bicyclic) bond motifs is 1. The summed E-state index contributed by atoms with van der Waals surface area (Å²) in [5.74, 6) is -0.445. The fourth-order valence-corrected chi connectivity index (χ4v) is 3.59. The van der Waals surface area contributed by atoms with Gasteiger partial charge < -0.3 is 5.73 Å². The van der Waals surface area contributed by atoms with Crippen molar-refractivity contribution >= 4 is 28.6 Å². The number of para-hydroxylation sites is 1. The Morgan fingerprint density at radius 2 is 1.80 bits per heavy atom. The number of hydrogen-bond acceptors (Lipinski definition) is 4. The second kappa shape index (κ2) is 6.72. The van der Waals surface area contributed by atoms with E-state index in [0.717, 1.165) is 16.8 Å². The first-order chi connectivity index (χ1) is 11.9. The van der Waals surface area contributed by atoms with E-state index in [9.17, 15) is 9.59 Å². The van der Waals surface area contributed by atoms with E-state index in [1.165, 1.54) is 11.8 Å². The van der Waals surface area contributed by atoms with Crippen LogP contribution in [0.3, 0.4) is 0 Å². The van der Waals surface area contributed by atoms with Crippen LogP contribution in [0, 0.1) is 13.8 Å². The highest BCUT2D eigenvalue weighted by molar-refractivity contribution is 8.00. The molecule has 6 heteroatoms. The Labute approximate surface area is 149 Å². The number of aromatic nitrogens is 2. The number of benzene rings is 2. The molecular formula is C19H19N3O2S. The highest BCUT2D eigenvalue weighted by Gasteiger charge is 2.18. The third-order valence-electron chi connectivity index (χ3n) is 3.89. The topological polar surface area (TPSA) is 78.0 Å².